The maximum atomic E-state index is 13.4. The van der Waals surface area contributed by atoms with E-state index in [1.54, 1.807) is 36.5 Å². The number of rotatable bonds is 4. The van der Waals surface area contributed by atoms with Crippen molar-refractivity contribution in [2.24, 2.45) is 0 Å². The van der Waals surface area contributed by atoms with Gasteiger partial charge in [0.05, 0.1) is 0 Å². The van der Waals surface area contributed by atoms with Gasteiger partial charge in [-0.3, -0.25) is 10.1 Å². The van der Waals surface area contributed by atoms with Crippen LogP contribution in [0.4, 0.5) is 4.39 Å². The van der Waals surface area contributed by atoms with Gasteiger partial charge in [-0.2, -0.15) is 5.10 Å². The third-order valence-electron chi connectivity index (χ3n) is 2.89. The summed E-state index contributed by atoms with van der Waals surface area (Å²) >= 11 is 0. The van der Waals surface area contributed by atoms with E-state index in [0.29, 0.717) is 22.9 Å². The minimum Gasteiger partial charge on any atom is -0.483 e. The molecule has 2 heterocycles. The van der Waals surface area contributed by atoms with Crippen LogP contribution in [0.2, 0.25) is 0 Å². The van der Waals surface area contributed by atoms with Crippen molar-refractivity contribution < 1.29 is 9.13 Å². The summed E-state index contributed by atoms with van der Waals surface area (Å²) in [4.78, 5) is 8.43. The van der Waals surface area contributed by atoms with Crippen LogP contribution in [0.15, 0.2) is 42.6 Å². The van der Waals surface area contributed by atoms with Crippen LogP contribution in [0.5, 0.6) is 5.75 Å². The molecule has 1 aromatic carbocycles. The number of ether oxygens (including phenoxy) is 1. The number of halogens is 1. The number of terminal acetylenes is 1. The fourth-order valence-corrected chi connectivity index (χ4v) is 1.79. The molecule has 1 N–H and O–H groups in total. The summed E-state index contributed by atoms with van der Waals surface area (Å²) < 4.78 is 18.8. The molecule has 5 nitrogen and oxygen atoms in total. The average molecular weight is 294 g/mol. The number of pyridine rings is 1. The van der Waals surface area contributed by atoms with Crippen LogP contribution >= 0.6 is 0 Å². The smallest absolute Gasteiger partial charge is 0.199 e. The van der Waals surface area contributed by atoms with Crippen LogP contribution in [0.3, 0.4) is 0 Å². The molecular weight excluding hydrogens is 283 g/mol. The molecule has 0 amide bonds. The Hall–Kier alpha value is -3.20. The van der Waals surface area contributed by atoms with E-state index in [1.165, 1.54) is 6.07 Å². The Kier molecular flexibility index (Phi) is 3.79. The van der Waals surface area contributed by atoms with Gasteiger partial charge in [0.25, 0.3) is 0 Å². The number of hydrogen-bond donors (Lipinski definition) is 1. The van der Waals surface area contributed by atoms with Crippen molar-refractivity contribution in [1.29, 1.82) is 0 Å². The normalized spacial score (nSPS) is 10.2. The molecule has 108 valence electrons. The number of aromatic amines is 1. The second-order valence-corrected chi connectivity index (χ2v) is 4.40. The lowest BCUT2D eigenvalue weighted by atomic mass is 10.2. The second-order valence-electron chi connectivity index (χ2n) is 4.40. The predicted molar refractivity (Wildman–Crippen MR) is 78.3 cm³/mol. The molecule has 22 heavy (non-hydrogen) atoms. The highest BCUT2D eigenvalue weighted by Crippen LogP contribution is 2.17. The predicted octanol–water partition coefficient (Wildman–Crippen LogP) is 2.57. The molecule has 0 fully saturated rings. The zero-order valence-electron chi connectivity index (χ0n) is 11.5. The van der Waals surface area contributed by atoms with Crippen molar-refractivity contribution in [3.05, 3.63) is 59.8 Å². The SMILES string of the molecule is C#Cc1ccc(-c2n[nH]c(COc3ccccc3F)n2)nc1. The van der Waals surface area contributed by atoms with Crippen LogP contribution in [0, 0.1) is 18.2 Å². The Bertz CT molecular complexity index is 821. The summed E-state index contributed by atoms with van der Waals surface area (Å²) in [5.74, 6) is 3.13. The van der Waals surface area contributed by atoms with Gasteiger partial charge >= 0.3 is 0 Å². The third-order valence-corrected chi connectivity index (χ3v) is 2.89. The van der Waals surface area contributed by atoms with Crippen molar-refractivity contribution >= 4 is 0 Å². The molecule has 0 saturated carbocycles. The van der Waals surface area contributed by atoms with Crippen LogP contribution < -0.4 is 4.74 Å². The summed E-state index contributed by atoms with van der Waals surface area (Å²) in [7, 11) is 0. The lowest BCUT2D eigenvalue weighted by Crippen LogP contribution is -1.99. The van der Waals surface area contributed by atoms with Gasteiger partial charge in [-0.1, -0.05) is 18.1 Å². The van der Waals surface area contributed by atoms with Gasteiger partial charge < -0.3 is 4.74 Å². The molecule has 6 heteroatoms. The summed E-state index contributed by atoms with van der Waals surface area (Å²) in [5, 5.41) is 6.79. The van der Waals surface area contributed by atoms with Crippen molar-refractivity contribution in [3.63, 3.8) is 0 Å². The molecule has 0 radical (unpaired) electrons. The highest BCUT2D eigenvalue weighted by atomic mass is 19.1. The van der Waals surface area contributed by atoms with Gasteiger partial charge in [-0.25, -0.2) is 9.37 Å². The lowest BCUT2D eigenvalue weighted by molar-refractivity contribution is 0.281. The monoisotopic (exact) mass is 294 g/mol. The van der Waals surface area contributed by atoms with Crippen molar-refractivity contribution in [2.75, 3.05) is 0 Å². The maximum absolute atomic E-state index is 13.4. The Morgan fingerprint density at radius 3 is 2.82 bits per heavy atom. The van der Waals surface area contributed by atoms with Crippen molar-refractivity contribution in [3.8, 4) is 29.6 Å². The first-order chi connectivity index (χ1) is 10.8. The third kappa shape index (κ3) is 2.94. The van der Waals surface area contributed by atoms with E-state index in [9.17, 15) is 4.39 Å². The molecule has 0 saturated heterocycles. The van der Waals surface area contributed by atoms with Gasteiger partial charge in [0, 0.05) is 11.8 Å². The molecule has 0 bridgehead atoms. The average Bonchev–Trinajstić information content (AvgIpc) is 3.03. The molecule has 0 aliphatic carbocycles. The van der Waals surface area contributed by atoms with Gasteiger partial charge in [0.1, 0.15) is 12.3 Å². The molecule has 0 aliphatic heterocycles. The van der Waals surface area contributed by atoms with Crippen molar-refractivity contribution in [1.82, 2.24) is 20.2 Å². The molecular formula is C16H11FN4O. The van der Waals surface area contributed by atoms with Crippen LogP contribution in [0.1, 0.15) is 11.4 Å². The molecule has 0 aliphatic rings. The molecule has 0 atom stereocenters. The molecule has 3 aromatic rings. The number of hydrogen-bond acceptors (Lipinski definition) is 4. The second kappa shape index (κ2) is 6.06. The number of H-pyrrole nitrogens is 1. The van der Waals surface area contributed by atoms with E-state index in [4.69, 9.17) is 11.2 Å². The van der Waals surface area contributed by atoms with Crippen molar-refractivity contribution in [2.45, 2.75) is 6.61 Å². The molecule has 3 rings (SSSR count). The Morgan fingerprint density at radius 2 is 2.09 bits per heavy atom. The van der Waals surface area contributed by atoms with E-state index in [2.05, 4.69) is 26.1 Å². The minimum atomic E-state index is -0.422. The van der Waals surface area contributed by atoms with Crippen LogP contribution in [-0.4, -0.2) is 20.2 Å². The van der Waals surface area contributed by atoms with Crippen LogP contribution in [-0.2, 0) is 6.61 Å². The van der Waals surface area contributed by atoms with Gasteiger partial charge in [0.15, 0.2) is 23.2 Å². The zero-order valence-corrected chi connectivity index (χ0v) is 11.5. The molecule has 0 spiro atoms. The van der Waals surface area contributed by atoms with Crippen LogP contribution in [0.25, 0.3) is 11.5 Å². The summed E-state index contributed by atoms with van der Waals surface area (Å²) in [6.07, 6.45) is 6.85. The lowest BCUT2D eigenvalue weighted by Gasteiger charge is -2.03. The summed E-state index contributed by atoms with van der Waals surface area (Å²) in [6.45, 7) is 0.0797. The highest BCUT2D eigenvalue weighted by Gasteiger charge is 2.09. The fraction of sp³-hybridized carbons (Fsp3) is 0.0625. The van der Waals surface area contributed by atoms with Gasteiger partial charge in [-0.05, 0) is 24.3 Å². The number of para-hydroxylation sites is 1. The Labute approximate surface area is 126 Å². The van der Waals surface area contributed by atoms with E-state index in [1.807, 2.05) is 0 Å². The minimum absolute atomic E-state index is 0.0797. The number of aromatic nitrogens is 4. The van der Waals surface area contributed by atoms with Gasteiger partial charge in [-0.15, -0.1) is 6.42 Å². The number of nitrogens with zero attached hydrogens (tertiary/aromatic N) is 3. The summed E-state index contributed by atoms with van der Waals surface area (Å²) in [6, 6.07) is 9.67. The Morgan fingerprint density at radius 1 is 1.23 bits per heavy atom. The maximum Gasteiger partial charge on any atom is 0.199 e. The molecule has 0 unspecified atom stereocenters. The quantitative estimate of drug-likeness (QED) is 0.751. The largest absolute Gasteiger partial charge is 0.483 e. The number of benzene rings is 1. The fourth-order valence-electron chi connectivity index (χ4n) is 1.79. The highest BCUT2D eigenvalue weighted by molar-refractivity contribution is 5.49. The van der Waals surface area contributed by atoms with E-state index >= 15 is 0 Å². The van der Waals surface area contributed by atoms with E-state index in [-0.39, 0.29) is 12.4 Å². The first kappa shape index (κ1) is 13.8. The molecule has 2 aromatic heterocycles. The zero-order chi connectivity index (χ0) is 15.4. The Balaban J connectivity index is 1.71. The first-order valence-corrected chi connectivity index (χ1v) is 6.48. The summed E-state index contributed by atoms with van der Waals surface area (Å²) in [5.41, 5.74) is 1.27. The van der Waals surface area contributed by atoms with Gasteiger partial charge in [0.2, 0.25) is 0 Å². The topological polar surface area (TPSA) is 63.7 Å². The van der Waals surface area contributed by atoms with E-state index < -0.39 is 5.82 Å². The first-order valence-electron chi connectivity index (χ1n) is 6.48. The number of nitrogens with one attached hydrogen (secondary N) is 1. The standard InChI is InChI=1S/C16H11FN4O/c1-2-11-7-8-13(18-9-11)16-19-15(20-21-16)10-22-14-6-4-3-5-12(14)17/h1,3-9H,10H2,(H,19,20,21). The van der Waals surface area contributed by atoms with E-state index in [0.717, 1.165) is 0 Å².